The maximum Gasteiger partial charge on any atom is 0.573 e. The summed E-state index contributed by atoms with van der Waals surface area (Å²) in [6, 6.07) is 4.11. The predicted octanol–water partition coefficient (Wildman–Crippen LogP) is 6.42. The number of aliphatic carboxylic acids is 1. The van der Waals surface area contributed by atoms with Crippen molar-refractivity contribution in [3.8, 4) is 5.75 Å². The van der Waals surface area contributed by atoms with Gasteiger partial charge in [0, 0.05) is 29.3 Å². The fourth-order valence-electron chi connectivity index (χ4n) is 3.32. The SMILES string of the molecule is C=C/C=C(\C=C(/C)Cn1c(C)c(C(=C)C=C)c2ccc(OC(F)(F)F)cc21)OC(S)C(=O)O. The van der Waals surface area contributed by atoms with Crippen LogP contribution in [0.25, 0.3) is 16.5 Å². The molecular formula is C24H24F3NO4S. The number of halogens is 3. The number of rotatable bonds is 10. The van der Waals surface area contributed by atoms with Crippen LogP contribution in [0.2, 0.25) is 0 Å². The lowest BCUT2D eigenvalue weighted by atomic mass is 10.0. The van der Waals surface area contributed by atoms with Gasteiger partial charge in [-0.25, -0.2) is 4.79 Å². The molecule has 1 aromatic carbocycles. The second-order valence-corrected chi connectivity index (χ2v) is 7.58. The third-order valence-electron chi connectivity index (χ3n) is 4.63. The van der Waals surface area contributed by atoms with Crippen LogP contribution >= 0.6 is 12.6 Å². The number of nitrogens with zero attached hydrogens (tertiary/aromatic N) is 1. The first kappa shape index (κ1) is 25.9. The van der Waals surface area contributed by atoms with Crippen molar-refractivity contribution < 1.29 is 32.5 Å². The van der Waals surface area contributed by atoms with Crippen molar-refractivity contribution in [3.05, 3.63) is 84.8 Å². The number of alkyl halides is 3. The lowest BCUT2D eigenvalue weighted by Crippen LogP contribution is -2.17. The van der Waals surface area contributed by atoms with E-state index in [2.05, 4.69) is 37.1 Å². The van der Waals surface area contributed by atoms with E-state index in [1.54, 1.807) is 25.1 Å². The normalized spacial score (nSPS) is 13.5. The molecular weight excluding hydrogens is 455 g/mol. The fourth-order valence-corrected chi connectivity index (χ4v) is 3.44. The van der Waals surface area contributed by atoms with Gasteiger partial charge < -0.3 is 19.1 Å². The summed E-state index contributed by atoms with van der Waals surface area (Å²) in [5, 5.41) is 9.71. The minimum absolute atomic E-state index is 0.218. The number of carboxylic acid groups (broad SMARTS) is 1. The molecule has 2 rings (SSSR count). The van der Waals surface area contributed by atoms with Gasteiger partial charge in [0.2, 0.25) is 5.44 Å². The average molecular weight is 480 g/mol. The van der Waals surface area contributed by atoms with Gasteiger partial charge in [-0.3, -0.25) is 0 Å². The highest BCUT2D eigenvalue weighted by Crippen LogP contribution is 2.35. The minimum Gasteiger partial charge on any atom is -0.478 e. The molecule has 1 aromatic heterocycles. The summed E-state index contributed by atoms with van der Waals surface area (Å²) < 4.78 is 49.5. The van der Waals surface area contributed by atoms with Crippen molar-refractivity contribution in [2.45, 2.75) is 32.2 Å². The van der Waals surface area contributed by atoms with Gasteiger partial charge in [0.1, 0.15) is 11.5 Å². The van der Waals surface area contributed by atoms with Crippen molar-refractivity contribution in [1.29, 1.82) is 0 Å². The van der Waals surface area contributed by atoms with Crippen LogP contribution in [-0.2, 0) is 16.1 Å². The van der Waals surface area contributed by atoms with E-state index in [0.717, 1.165) is 16.8 Å². The van der Waals surface area contributed by atoms with Crippen LogP contribution in [0.15, 0.2) is 73.6 Å². The van der Waals surface area contributed by atoms with Gasteiger partial charge in [-0.05, 0) is 49.3 Å². The number of hydrogen-bond acceptors (Lipinski definition) is 4. The van der Waals surface area contributed by atoms with Gasteiger partial charge in [0.25, 0.3) is 0 Å². The third-order valence-corrected chi connectivity index (χ3v) is 4.96. The predicted molar refractivity (Wildman–Crippen MR) is 126 cm³/mol. The Hall–Kier alpha value is -3.33. The summed E-state index contributed by atoms with van der Waals surface area (Å²) in [5.74, 6) is -1.38. The van der Waals surface area contributed by atoms with E-state index in [4.69, 9.17) is 9.84 Å². The van der Waals surface area contributed by atoms with E-state index < -0.39 is 17.8 Å². The number of aromatic nitrogens is 1. The highest BCUT2D eigenvalue weighted by molar-refractivity contribution is 7.81. The van der Waals surface area contributed by atoms with Gasteiger partial charge in [0.15, 0.2) is 0 Å². The van der Waals surface area contributed by atoms with Gasteiger partial charge in [-0.1, -0.05) is 31.9 Å². The summed E-state index contributed by atoms with van der Waals surface area (Å²) in [6.07, 6.45) is 1.28. The standard InChI is InChI=1S/C24H24F3NO4S/c1-6-8-17(31-23(33)22(29)30)11-14(3)13-28-16(5)21(15(4)7-2)19-10-9-18(12-20(19)28)32-24(25,26)27/h6-12,23,33H,1-2,4,13H2,3,5H3,(H,29,30)/b14-11+,17-8+. The number of allylic oxidation sites excluding steroid dienone is 6. The first-order valence-electron chi connectivity index (χ1n) is 9.65. The lowest BCUT2D eigenvalue weighted by Gasteiger charge is -2.14. The van der Waals surface area contributed by atoms with E-state index in [0.29, 0.717) is 16.5 Å². The van der Waals surface area contributed by atoms with E-state index in [9.17, 15) is 18.0 Å². The Balaban J connectivity index is 2.56. The van der Waals surface area contributed by atoms with Crippen molar-refractivity contribution in [3.63, 3.8) is 0 Å². The topological polar surface area (TPSA) is 60.7 Å². The largest absolute Gasteiger partial charge is 0.573 e. The lowest BCUT2D eigenvalue weighted by molar-refractivity contribution is -0.274. The number of benzene rings is 1. The highest BCUT2D eigenvalue weighted by atomic mass is 32.1. The van der Waals surface area contributed by atoms with Gasteiger partial charge >= 0.3 is 12.3 Å². The van der Waals surface area contributed by atoms with E-state index in [-0.39, 0.29) is 18.1 Å². The molecule has 33 heavy (non-hydrogen) atoms. The fraction of sp³-hybridized carbons (Fsp3) is 0.208. The van der Waals surface area contributed by atoms with Gasteiger partial charge in [-0.15, -0.1) is 25.8 Å². The molecule has 0 radical (unpaired) electrons. The molecule has 0 aliphatic heterocycles. The summed E-state index contributed by atoms with van der Waals surface area (Å²) in [6.45, 7) is 15.2. The number of hydrogen-bond donors (Lipinski definition) is 2. The van der Waals surface area contributed by atoms with Crippen LogP contribution in [-0.4, -0.2) is 27.4 Å². The highest BCUT2D eigenvalue weighted by Gasteiger charge is 2.31. The number of fused-ring (bicyclic) bond motifs is 1. The Morgan fingerprint density at radius 2 is 2.00 bits per heavy atom. The van der Waals surface area contributed by atoms with Crippen molar-refractivity contribution in [2.75, 3.05) is 0 Å². The monoisotopic (exact) mass is 479 g/mol. The number of thiol groups is 1. The number of ether oxygens (including phenoxy) is 2. The zero-order valence-corrected chi connectivity index (χ0v) is 19.0. The molecule has 0 amide bonds. The molecule has 9 heteroatoms. The maximum atomic E-state index is 12.8. The van der Waals surface area contributed by atoms with Crippen LogP contribution in [0.4, 0.5) is 13.2 Å². The molecule has 1 N–H and O–H groups in total. The maximum absolute atomic E-state index is 12.8. The van der Waals surface area contributed by atoms with E-state index >= 15 is 0 Å². The molecule has 0 bridgehead atoms. The molecule has 0 spiro atoms. The zero-order chi connectivity index (χ0) is 24.9. The molecule has 0 saturated heterocycles. The Bertz CT molecular complexity index is 1160. The molecule has 176 valence electrons. The average Bonchev–Trinajstić information content (AvgIpc) is 2.97. The van der Waals surface area contributed by atoms with Crippen LogP contribution in [0.3, 0.4) is 0 Å². The second-order valence-electron chi connectivity index (χ2n) is 7.11. The molecule has 2 aromatic rings. The third kappa shape index (κ3) is 6.58. The molecule has 1 unspecified atom stereocenters. The summed E-state index contributed by atoms with van der Waals surface area (Å²) in [5.41, 5.74) is 2.00. The van der Waals surface area contributed by atoms with Crippen LogP contribution in [0.1, 0.15) is 18.2 Å². The Morgan fingerprint density at radius 3 is 2.55 bits per heavy atom. The quantitative estimate of drug-likeness (QED) is 0.179. The van der Waals surface area contributed by atoms with Crippen molar-refractivity contribution in [1.82, 2.24) is 4.57 Å². The number of carboxylic acids is 1. The van der Waals surface area contributed by atoms with Crippen LogP contribution in [0.5, 0.6) is 5.75 Å². The second kappa shape index (κ2) is 10.5. The van der Waals surface area contributed by atoms with Gasteiger partial charge in [0.05, 0.1) is 5.52 Å². The van der Waals surface area contributed by atoms with E-state index in [1.165, 1.54) is 24.3 Å². The molecule has 1 atom stereocenters. The Morgan fingerprint density at radius 1 is 1.33 bits per heavy atom. The van der Waals surface area contributed by atoms with Crippen molar-refractivity contribution in [2.24, 2.45) is 0 Å². The van der Waals surface area contributed by atoms with Crippen molar-refractivity contribution >= 4 is 35.1 Å². The van der Waals surface area contributed by atoms with Crippen LogP contribution in [0, 0.1) is 6.92 Å². The zero-order valence-electron chi connectivity index (χ0n) is 18.1. The number of carbonyl (C=O) groups is 1. The molecule has 0 aliphatic carbocycles. The summed E-state index contributed by atoms with van der Waals surface area (Å²) >= 11 is 3.87. The molecule has 0 saturated carbocycles. The van der Waals surface area contributed by atoms with E-state index in [1.807, 2.05) is 11.5 Å². The molecule has 5 nitrogen and oxygen atoms in total. The first-order valence-corrected chi connectivity index (χ1v) is 10.2. The summed E-state index contributed by atoms with van der Waals surface area (Å²) in [4.78, 5) is 11.0. The molecule has 1 heterocycles. The van der Waals surface area contributed by atoms with Crippen LogP contribution < -0.4 is 4.74 Å². The Labute approximate surface area is 195 Å². The van der Waals surface area contributed by atoms with Gasteiger partial charge in [-0.2, -0.15) is 0 Å². The first-order chi connectivity index (χ1) is 15.4. The minimum atomic E-state index is -4.82. The summed E-state index contributed by atoms with van der Waals surface area (Å²) in [7, 11) is 0. The smallest absolute Gasteiger partial charge is 0.478 e. The Kier molecular flexibility index (Phi) is 8.27. The molecule has 0 aliphatic rings. The molecule has 0 fully saturated rings.